The number of benzene rings is 1. The van der Waals surface area contributed by atoms with Crippen LogP contribution in [0.2, 0.25) is 0 Å². The standard InChI is InChI=1S/C9H7N3O4/c13-7-2-1-5(3-8(7)14)12-4-6(9(15)16)10-11-12/h1-4,13-14H,(H,15,16). The summed E-state index contributed by atoms with van der Waals surface area (Å²) in [6, 6.07) is 3.98. The van der Waals surface area contributed by atoms with E-state index in [-0.39, 0.29) is 17.2 Å². The number of carboxylic acids is 1. The molecule has 2 aromatic rings. The van der Waals surface area contributed by atoms with Crippen LogP contribution < -0.4 is 0 Å². The number of aromatic nitrogens is 3. The average Bonchev–Trinajstić information content (AvgIpc) is 2.71. The van der Waals surface area contributed by atoms with Gasteiger partial charge in [0, 0.05) is 6.07 Å². The Morgan fingerprint density at radius 1 is 1.25 bits per heavy atom. The highest BCUT2D eigenvalue weighted by atomic mass is 16.4. The molecule has 0 aliphatic rings. The highest BCUT2D eigenvalue weighted by Gasteiger charge is 2.10. The van der Waals surface area contributed by atoms with Crippen molar-refractivity contribution in [1.82, 2.24) is 15.0 Å². The second-order valence-corrected chi connectivity index (χ2v) is 3.03. The molecule has 0 bridgehead atoms. The van der Waals surface area contributed by atoms with Crippen molar-refractivity contribution in [3.63, 3.8) is 0 Å². The van der Waals surface area contributed by atoms with Crippen LogP contribution in [0.3, 0.4) is 0 Å². The number of rotatable bonds is 2. The van der Waals surface area contributed by atoms with Gasteiger partial charge in [0.05, 0.1) is 11.9 Å². The molecule has 0 fully saturated rings. The van der Waals surface area contributed by atoms with Gasteiger partial charge in [-0.1, -0.05) is 5.21 Å². The highest BCUT2D eigenvalue weighted by molar-refractivity contribution is 5.84. The molecule has 2 rings (SSSR count). The van der Waals surface area contributed by atoms with Crippen LogP contribution in [0.1, 0.15) is 10.5 Å². The lowest BCUT2D eigenvalue weighted by Crippen LogP contribution is -1.95. The van der Waals surface area contributed by atoms with Crippen molar-refractivity contribution in [3.8, 4) is 17.2 Å². The van der Waals surface area contributed by atoms with Gasteiger partial charge in [0.15, 0.2) is 17.2 Å². The fourth-order valence-corrected chi connectivity index (χ4v) is 1.14. The van der Waals surface area contributed by atoms with Crippen molar-refractivity contribution >= 4 is 5.97 Å². The van der Waals surface area contributed by atoms with E-state index in [2.05, 4.69) is 10.3 Å². The fourth-order valence-electron chi connectivity index (χ4n) is 1.14. The molecule has 1 aromatic heterocycles. The van der Waals surface area contributed by atoms with Gasteiger partial charge in [-0.3, -0.25) is 0 Å². The van der Waals surface area contributed by atoms with Crippen LogP contribution in [0, 0.1) is 0 Å². The van der Waals surface area contributed by atoms with Crippen LogP contribution in [0.25, 0.3) is 5.69 Å². The third kappa shape index (κ3) is 1.65. The molecule has 7 heteroatoms. The normalized spacial score (nSPS) is 10.2. The maximum absolute atomic E-state index is 10.6. The number of aromatic carboxylic acids is 1. The zero-order chi connectivity index (χ0) is 11.7. The molecule has 1 heterocycles. The number of hydrogen-bond donors (Lipinski definition) is 3. The van der Waals surface area contributed by atoms with E-state index in [1.165, 1.54) is 29.1 Å². The third-order valence-corrected chi connectivity index (χ3v) is 1.94. The van der Waals surface area contributed by atoms with Crippen molar-refractivity contribution in [2.75, 3.05) is 0 Å². The van der Waals surface area contributed by atoms with Crippen molar-refractivity contribution in [1.29, 1.82) is 0 Å². The van der Waals surface area contributed by atoms with Gasteiger partial charge in [-0.2, -0.15) is 0 Å². The summed E-state index contributed by atoms with van der Waals surface area (Å²) in [6.45, 7) is 0. The van der Waals surface area contributed by atoms with Gasteiger partial charge in [-0.05, 0) is 12.1 Å². The third-order valence-electron chi connectivity index (χ3n) is 1.94. The summed E-state index contributed by atoms with van der Waals surface area (Å²) in [7, 11) is 0. The Labute approximate surface area is 89.2 Å². The molecule has 16 heavy (non-hydrogen) atoms. The fraction of sp³-hybridized carbons (Fsp3) is 0. The van der Waals surface area contributed by atoms with Gasteiger partial charge in [-0.15, -0.1) is 5.10 Å². The van der Waals surface area contributed by atoms with Crippen LogP contribution in [0.5, 0.6) is 11.5 Å². The number of nitrogens with zero attached hydrogens (tertiary/aromatic N) is 3. The number of carbonyl (C=O) groups is 1. The smallest absolute Gasteiger partial charge is 0.358 e. The summed E-state index contributed by atoms with van der Waals surface area (Å²) in [4.78, 5) is 10.6. The summed E-state index contributed by atoms with van der Waals surface area (Å²) in [5, 5.41) is 34.0. The minimum absolute atomic E-state index is 0.201. The van der Waals surface area contributed by atoms with Crippen LogP contribution in [-0.4, -0.2) is 36.3 Å². The number of aromatic hydroxyl groups is 2. The molecule has 0 radical (unpaired) electrons. The summed E-state index contributed by atoms with van der Waals surface area (Å²) in [6.07, 6.45) is 1.20. The predicted molar refractivity (Wildman–Crippen MR) is 51.6 cm³/mol. The van der Waals surface area contributed by atoms with Crippen molar-refractivity contribution in [3.05, 3.63) is 30.1 Å². The Morgan fingerprint density at radius 2 is 2.00 bits per heavy atom. The topological polar surface area (TPSA) is 108 Å². The Morgan fingerprint density at radius 3 is 2.56 bits per heavy atom. The minimum atomic E-state index is -1.19. The van der Waals surface area contributed by atoms with E-state index in [4.69, 9.17) is 10.2 Å². The van der Waals surface area contributed by atoms with Gasteiger partial charge in [0.25, 0.3) is 0 Å². The second kappa shape index (κ2) is 3.54. The van der Waals surface area contributed by atoms with Gasteiger partial charge in [0.2, 0.25) is 0 Å². The van der Waals surface area contributed by atoms with Crippen LogP contribution in [0.15, 0.2) is 24.4 Å². The first-order valence-electron chi connectivity index (χ1n) is 4.26. The molecule has 0 aliphatic carbocycles. The van der Waals surface area contributed by atoms with E-state index in [9.17, 15) is 9.90 Å². The molecule has 0 amide bonds. The Kier molecular flexibility index (Phi) is 2.20. The molecular weight excluding hydrogens is 214 g/mol. The molecule has 1 aromatic carbocycles. The zero-order valence-electron chi connectivity index (χ0n) is 7.90. The van der Waals surface area contributed by atoms with E-state index in [1.54, 1.807) is 0 Å². The van der Waals surface area contributed by atoms with E-state index >= 15 is 0 Å². The molecule has 0 atom stereocenters. The van der Waals surface area contributed by atoms with Crippen LogP contribution in [0.4, 0.5) is 0 Å². The Bertz CT molecular complexity index is 549. The summed E-state index contributed by atoms with van der Waals surface area (Å²) in [5.74, 6) is -1.76. The number of phenols is 2. The van der Waals surface area contributed by atoms with E-state index in [0.717, 1.165) is 0 Å². The average molecular weight is 221 g/mol. The lowest BCUT2D eigenvalue weighted by Gasteiger charge is -2.01. The monoisotopic (exact) mass is 221 g/mol. The van der Waals surface area contributed by atoms with Gasteiger partial charge >= 0.3 is 5.97 Å². The van der Waals surface area contributed by atoms with Gasteiger partial charge in [-0.25, -0.2) is 9.48 Å². The van der Waals surface area contributed by atoms with E-state index in [1.807, 2.05) is 0 Å². The lowest BCUT2D eigenvalue weighted by molar-refractivity contribution is 0.0690. The molecule has 0 unspecified atom stereocenters. The summed E-state index contributed by atoms with van der Waals surface area (Å²) in [5.41, 5.74) is 0.197. The molecule has 82 valence electrons. The lowest BCUT2D eigenvalue weighted by atomic mass is 10.3. The van der Waals surface area contributed by atoms with Crippen LogP contribution >= 0.6 is 0 Å². The van der Waals surface area contributed by atoms with E-state index in [0.29, 0.717) is 5.69 Å². The first-order chi connectivity index (χ1) is 7.58. The quantitative estimate of drug-likeness (QED) is 0.632. The molecule has 0 spiro atoms. The maximum Gasteiger partial charge on any atom is 0.358 e. The second-order valence-electron chi connectivity index (χ2n) is 3.03. The predicted octanol–water partition coefficient (Wildman–Crippen LogP) is 0.377. The molecule has 0 saturated heterocycles. The van der Waals surface area contributed by atoms with Crippen molar-refractivity contribution < 1.29 is 20.1 Å². The van der Waals surface area contributed by atoms with Crippen molar-refractivity contribution in [2.45, 2.75) is 0 Å². The number of hydrogen-bond acceptors (Lipinski definition) is 5. The van der Waals surface area contributed by atoms with E-state index < -0.39 is 5.97 Å². The minimum Gasteiger partial charge on any atom is -0.504 e. The number of phenolic OH excluding ortho intramolecular Hbond substituents is 2. The summed E-state index contributed by atoms with van der Waals surface area (Å²) >= 11 is 0. The van der Waals surface area contributed by atoms with Crippen LogP contribution in [-0.2, 0) is 0 Å². The first kappa shape index (κ1) is 9.97. The molecule has 7 nitrogen and oxygen atoms in total. The Balaban J connectivity index is 2.42. The molecular formula is C9H7N3O4. The summed E-state index contributed by atoms with van der Waals surface area (Å²) < 4.78 is 1.18. The first-order valence-corrected chi connectivity index (χ1v) is 4.26. The highest BCUT2D eigenvalue weighted by Crippen LogP contribution is 2.26. The zero-order valence-corrected chi connectivity index (χ0v) is 7.90. The van der Waals surface area contributed by atoms with Gasteiger partial charge in [0.1, 0.15) is 0 Å². The Hall–Kier alpha value is -2.57. The molecule has 0 saturated carbocycles. The molecule has 3 N–H and O–H groups in total. The molecule has 0 aliphatic heterocycles. The van der Waals surface area contributed by atoms with Gasteiger partial charge < -0.3 is 15.3 Å². The largest absolute Gasteiger partial charge is 0.504 e. The van der Waals surface area contributed by atoms with Crippen molar-refractivity contribution in [2.24, 2.45) is 0 Å². The SMILES string of the molecule is O=C(O)c1cn(-c2ccc(O)c(O)c2)nn1. The number of carboxylic acid groups (broad SMARTS) is 1. The maximum atomic E-state index is 10.6.